The van der Waals surface area contributed by atoms with Crippen LogP contribution < -0.4 is 9.62 Å². The van der Waals surface area contributed by atoms with Crippen molar-refractivity contribution >= 4 is 33.2 Å². The highest BCUT2D eigenvalue weighted by Crippen LogP contribution is 2.27. The summed E-state index contributed by atoms with van der Waals surface area (Å²) in [6.07, 6.45) is 0.827. The summed E-state index contributed by atoms with van der Waals surface area (Å²) >= 11 is 6.19. The summed E-state index contributed by atoms with van der Waals surface area (Å²) in [5.41, 5.74) is 1.19. The number of carbonyl (C=O) groups is 1. The second kappa shape index (κ2) is 9.24. The van der Waals surface area contributed by atoms with Gasteiger partial charge >= 0.3 is 0 Å². The van der Waals surface area contributed by atoms with Gasteiger partial charge in [0.2, 0.25) is 5.91 Å². The smallest absolute Gasteiger partial charge is 0.264 e. The van der Waals surface area contributed by atoms with Crippen molar-refractivity contribution in [1.29, 1.82) is 0 Å². The highest BCUT2D eigenvalue weighted by molar-refractivity contribution is 7.92. The highest BCUT2D eigenvalue weighted by atomic mass is 35.5. The number of carbonyl (C=O) groups excluding carboxylic acids is 1. The van der Waals surface area contributed by atoms with Crippen LogP contribution in [0, 0.1) is 12.8 Å². The first-order valence-corrected chi connectivity index (χ1v) is 10.6. The third-order valence-corrected chi connectivity index (χ3v) is 6.30. The lowest BCUT2D eigenvalue weighted by atomic mass is 10.1. The van der Waals surface area contributed by atoms with Crippen molar-refractivity contribution in [2.45, 2.75) is 32.1 Å². The van der Waals surface area contributed by atoms with Crippen molar-refractivity contribution in [3.05, 3.63) is 59.1 Å². The average Bonchev–Trinajstić information content (AvgIpc) is 2.62. The Balaban J connectivity index is 2.34. The Bertz CT molecular complexity index is 883. The number of hydrogen-bond donors (Lipinski definition) is 1. The molecule has 0 heterocycles. The van der Waals surface area contributed by atoms with Gasteiger partial charge in [-0.3, -0.25) is 9.10 Å². The number of rotatable bonds is 8. The molecule has 2 aromatic rings. The zero-order valence-electron chi connectivity index (χ0n) is 15.8. The lowest BCUT2D eigenvalue weighted by molar-refractivity contribution is -0.119. The summed E-state index contributed by atoms with van der Waals surface area (Å²) in [5, 5.41) is 3.23. The molecule has 0 unspecified atom stereocenters. The Morgan fingerprint density at radius 1 is 1.15 bits per heavy atom. The van der Waals surface area contributed by atoms with E-state index < -0.39 is 10.0 Å². The third kappa shape index (κ3) is 5.71. The summed E-state index contributed by atoms with van der Waals surface area (Å²) in [7, 11) is -3.91. The van der Waals surface area contributed by atoms with Crippen molar-refractivity contribution in [1.82, 2.24) is 5.32 Å². The number of benzene rings is 2. The maximum Gasteiger partial charge on any atom is 0.264 e. The normalized spacial score (nSPS) is 11.4. The molecular weight excluding hydrogens is 384 g/mol. The van der Waals surface area contributed by atoms with Crippen LogP contribution in [0.25, 0.3) is 0 Å². The van der Waals surface area contributed by atoms with Crippen molar-refractivity contribution in [3.8, 4) is 0 Å². The monoisotopic (exact) mass is 408 g/mol. The predicted octanol–water partition coefficient (Wildman–Crippen LogP) is 4.01. The first-order chi connectivity index (χ1) is 12.7. The van der Waals surface area contributed by atoms with E-state index >= 15 is 0 Å². The second-order valence-corrected chi connectivity index (χ2v) is 9.06. The summed E-state index contributed by atoms with van der Waals surface area (Å²) in [6.45, 7) is 6.15. The number of hydrogen-bond acceptors (Lipinski definition) is 3. The van der Waals surface area contributed by atoms with Crippen molar-refractivity contribution in [2.75, 3.05) is 17.4 Å². The van der Waals surface area contributed by atoms with Crippen LogP contribution in [-0.2, 0) is 14.8 Å². The molecule has 7 heteroatoms. The number of halogens is 1. The van der Waals surface area contributed by atoms with Gasteiger partial charge in [0, 0.05) is 11.6 Å². The lowest BCUT2D eigenvalue weighted by Gasteiger charge is -2.24. The number of sulfonamides is 1. The summed E-state index contributed by atoms with van der Waals surface area (Å²) < 4.78 is 27.4. The Morgan fingerprint density at radius 3 is 2.41 bits per heavy atom. The van der Waals surface area contributed by atoms with Crippen LogP contribution in [0.15, 0.2) is 53.4 Å². The predicted molar refractivity (Wildman–Crippen MR) is 110 cm³/mol. The maximum atomic E-state index is 13.1. The molecule has 0 aliphatic heterocycles. The fourth-order valence-electron chi connectivity index (χ4n) is 2.46. The first-order valence-electron chi connectivity index (χ1n) is 8.82. The Hall–Kier alpha value is -2.05. The van der Waals surface area contributed by atoms with E-state index in [9.17, 15) is 13.2 Å². The van der Waals surface area contributed by atoms with E-state index in [1.807, 2.05) is 6.92 Å². The Labute approximate surface area is 166 Å². The second-order valence-electron chi connectivity index (χ2n) is 6.79. The van der Waals surface area contributed by atoms with Gasteiger partial charge in [0.1, 0.15) is 6.54 Å². The van der Waals surface area contributed by atoms with E-state index in [0.717, 1.165) is 16.3 Å². The van der Waals surface area contributed by atoms with Crippen LogP contribution >= 0.6 is 11.6 Å². The van der Waals surface area contributed by atoms with Gasteiger partial charge in [0.05, 0.1) is 10.6 Å². The average molecular weight is 409 g/mol. The van der Waals surface area contributed by atoms with Gasteiger partial charge in [-0.1, -0.05) is 49.7 Å². The van der Waals surface area contributed by atoms with Gasteiger partial charge in [-0.05, 0) is 49.1 Å². The summed E-state index contributed by atoms with van der Waals surface area (Å²) in [5.74, 6) is 0.0946. The third-order valence-electron chi connectivity index (χ3n) is 4.11. The first kappa shape index (κ1) is 21.3. The molecule has 2 rings (SSSR count). The molecule has 0 spiro atoms. The molecule has 1 N–H and O–H groups in total. The maximum absolute atomic E-state index is 13.1. The molecule has 0 aliphatic rings. The fraction of sp³-hybridized carbons (Fsp3) is 0.350. The molecule has 0 fully saturated rings. The topological polar surface area (TPSA) is 66.5 Å². The van der Waals surface area contributed by atoms with Crippen molar-refractivity contribution < 1.29 is 13.2 Å². The van der Waals surface area contributed by atoms with E-state index in [2.05, 4.69) is 19.2 Å². The zero-order chi connectivity index (χ0) is 20.0. The van der Waals surface area contributed by atoms with E-state index in [-0.39, 0.29) is 17.3 Å². The lowest BCUT2D eigenvalue weighted by Crippen LogP contribution is -2.41. The van der Waals surface area contributed by atoms with Crippen LogP contribution in [0.5, 0.6) is 0 Å². The standard InChI is InChI=1S/C20H25ClN2O3S/c1-15(2)11-12-22-20(24)14-23(17-10-9-16(3)19(21)13-17)27(25,26)18-7-5-4-6-8-18/h4-10,13,15H,11-12,14H2,1-3H3,(H,22,24). The van der Waals surface area contributed by atoms with Gasteiger partial charge < -0.3 is 5.32 Å². The molecule has 2 aromatic carbocycles. The van der Waals surface area contributed by atoms with E-state index in [1.54, 1.807) is 36.4 Å². The zero-order valence-corrected chi connectivity index (χ0v) is 17.3. The number of nitrogens with zero attached hydrogens (tertiary/aromatic N) is 1. The molecule has 0 radical (unpaired) electrons. The van der Waals surface area contributed by atoms with Gasteiger partial charge in [0.25, 0.3) is 10.0 Å². The number of nitrogens with one attached hydrogen (secondary N) is 1. The number of amides is 1. The number of aryl methyl sites for hydroxylation is 1. The quantitative estimate of drug-likeness (QED) is 0.717. The van der Waals surface area contributed by atoms with Crippen LogP contribution in [0.1, 0.15) is 25.8 Å². The van der Waals surface area contributed by atoms with E-state index in [1.165, 1.54) is 12.1 Å². The molecule has 0 bridgehead atoms. The van der Waals surface area contributed by atoms with Crippen LogP contribution in [0.4, 0.5) is 5.69 Å². The summed E-state index contributed by atoms with van der Waals surface area (Å²) in [4.78, 5) is 12.5. The molecule has 0 atom stereocenters. The molecule has 0 saturated heterocycles. The van der Waals surface area contributed by atoms with Crippen LogP contribution in [-0.4, -0.2) is 27.4 Å². The largest absolute Gasteiger partial charge is 0.355 e. The molecule has 27 heavy (non-hydrogen) atoms. The SMILES string of the molecule is Cc1ccc(N(CC(=O)NCCC(C)C)S(=O)(=O)c2ccccc2)cc1Cl. The molecule has 0 aliphatic carbocycles. The van der Waals surface area contributed by atoms with Gasteiger partial charge in [-0.25, -0.2) is 8.42 Å². The van der Waals surface area contributed by atoms with Crippen molar-refractivity contribution in [2.24, 2.45) is 5.92 Å². The molecule has 0 saturated carbocycles. The number of anilines is 1. The Morgan fingerprint density at radius 2 is 1.81 bits per heavy atom. The summed E-state index contributed by atoms with van der Waals surface area (Å²) in [6, 6.07) is 13.0. The van der Waals surface area contributed by atoms with E-state index in [0.29, 0.717) is 23.2 Å². The molecule has 5 nitrogen and oxygen atoms in total. The fourth-order valence-corrected chi connectivity index (χ4v) is 4.07. The van der Waals surface area contributed by atoms with Crippen LogP contribution in [0.2, 0.25) is 5.02 Å². The minimum absolute atomic E-state index is 0.122. The van der Waals surface area contributed by atoms with E-state index in [4.69, 9.17) is 11.6 Å². The van der Waals surface area contributed by atoms with Crippen molar-refractivity contribution in [3.63, 3.8) is 0 Å². The van der Waals surface area contributed by atoms with Gasteiger partial charge in [-0.2, -0.15) is 0 Å². The molecular formula is C20H25ClN2O3S. The van der Waals surface area contributed by atoms with Gasteiger partial charge in [-0.15, -0.1) is 0 Å². The minimum Gasteiger partial charge on any atom is -0.355 e. The Kier molecular flexibility index (Phi) is 7.27. The molecule has 146 valence electrons. The minimum atomic E-state index is -3.91. The van der Waals surface area contributed by atoms with Gasteiger partial charge in [0.15, 0.2) is 0 Å². The molecule has 0 aromatic heterocycles. The molecule has 1 amide bonds. The van der Waals surface area contributed by atoms with Crippen LogP contribution in [0.3, 0.4) is 0 Å². The highest BCUT2D eigenvalue weighted by Gasteiger charge is 2.27.